The lowest BCUT2D eigenvalue weighted by molar-refractivity contribution is -0.178. The topological polar surface area (TPSA) is 172 Å². The summed E-state index contributed by atoms with van der Waals surface area (Å²) >= 11 is 0. The highest BCUT2D eigenvalue weighted by atomic mass is 16.4. The van der Waals surface area contributed by atoms with Crippen molar-refractivity contribution in [2.75, 3.05) is 0 Å². The molecule has 9 heteroatoms. The molecule has 0 aliphatic rings. The SMILES string of the molecule is NC(=O)C(=O)C(C(=O)O)(C(=O)O)C(=O)O. The van der Waals surface area contributed by atoms with Gasteiger partial charge >= 0.3 is 23.3 Å². The fourth-order valence-electron chi connectivity index (χ4n) is 0.751. The molecule has 0 saturated heterocycles. The molecule has 0 aliphatic carbocycles. The van der Waals surface area contributed by atoms with E-state index in [9.17, 15) is 24.0 Å². The number of amides is 1. The molecule has 0 rings (SSSR count). The molecule has 0 bridgehead atoms. The summed E-state index contributed by atoms with van der Waals surface area (Å²) in [7, 11) is 0. The number of aliphatic carboxylic acids is 3. The second kappa shape index (κ2) is 3.74. The molecule has 0 fully saturated rings. The number of hydrogen-bond donors (Lipinski definition) is 4. The third kappa shape index (κ3) is 1.61. The summed E-state index contributed by atoms with van der Waals surface area (Å²) in [6.45, 7) is 0. The molecule has 0 aromatic rings. The number of ketones is 1. The van der Waals surface area contributed by atoms with E-state index in [-0.39, 0.29) is 0 Å². The first-order valence-corrected chi connectivity index (χ1v) is 3.23. The zero-order chi connectivity index (χ0) is 12.4. The molecule has 1 amide bonds. The van der Waals surface area contributed by atoms with Crippen LogP contribution in [0.1, 0.15) is 0 Å². The van der Waals surface area contributed by atoms with Crippen molar-refractivity contribution in [1.29, 1.82) is 0 Å². The largest absolute Gasteiger partial charge is 0.480 e. The molecule has 0 unspecified atom stereocenters. The van der Waals surface area contributed by atoms with E-state index >= 15 is 0 Å². The predicted molar refractivity (Wildman–Crippen MR) is 39.5 cm³/mol. The number of carboxylic acid groups (broad SMARTS) is 3. The number of nitrogens with two attached hydrogens (primary N) is 1. The van der Waals surface area contributed by atoms with Gasteiger partial charge in [0.25, 0.3) is 11.7 Å². The Bertz CT molecular complexity index is 333. The minimum Gasteiger partial charge on any atom is -0.480 e. The van der Waals surface area contributed by atoms with Gasteiger partial charge in [0.15, 0.2) is 0 Å². The fraction of sp³-hybridized carbons (Fsp3) is 0.167. The number of carbonyl (C=O) groups excluding carboxylic acids is 2. The molecule has 5 N–H and O–H groups in total. The van der Waals surface area contributed by atoms with Crippen LogP contribution < -0.4 is 5.73 Å². The summed E-state index contributed by atoms with van der Waals surface area (Å²) in [5.74, 6) is -11.7. The fourth-order valence-corrected chi connectivity index (χ4v) is 0.751. The summed E-state index contributed by atoms with van der Waals surface area (Å²) in [5.41, 5.74) is 0.474. The molecule has 0 radical (unpaired) electrons. The Balaban J connectivity index is 5.87. The highest BCUT2D eigenvalue weighted by Gasteiger charge is 2.63. The first kappa shape index (κ1) is 12.6. The van der Waals surface area contributed by atoms with Crippen LogP contribution in [0.4, 0.5) is 0 Å². The van der Waals surface area contributed by atoms with Crippen LogP contribution in [0.5, 0.6) is 0 Å². The number of carboxylic acids is 3. The molecule has 0 aromatic heterocycles. The molecular weight excluding hydrogens is 214 g/mol. The Morgan fingerprint density at radius 2 is 1.07 bits per heavy atom. The monoisotopic (exact) mass is 219 g/mol. The van der Waals surface area contributed by atoms with Crippen molar-refractivity contribution in [3.63, 3.8) is 0 Å². The predicted octanol–water partition coefficient (Wildman–Crippen LogP) is -2.72. The standard InChI is InChI=1S/C6H5NO8/c7-2(9)1(8)6(3(10)11,4(12)13)5(14)15/h(H2,7,9)(H,10,11)(H,12,13)(H,14,15). The van der Waals surface area contributed by atoms with E-state index in [0.29, 0.717) is 0 Å². The maximum atomic E-state index is 10.9. The van der Waals surface area contributed by atoms with E-state index in [4.69, 9.17) is 15.3 Å². The summed E-state index contributed by atoms with van der Waals surface area (Å²) in [6, 6.07) is 0. The normalized spacial score (nSPS) is 10.4. The van der Waals surface area contributed by atoms with Crippen LogP contribution in [-0.4, -0.2) is 44.9 Å². The molecule has 0 saturated carbocycles. The Kier molecular flexibility index (Phi) is 3.13. The zero-order valence-electron chi connectivity index (χ0n) is 6.96. The smallest absolute Gasteiger partial charge is 0.341 e. The van der Waals surface area contributed by atoms with E-state index in [1.807, 2.05) is 0 Å². The van der Waals surface area contributed by atoms with E-state index in [0.717, 1.165) is 0 Å². The maximum Gasteiger partial charge on any atom is 0.341 e. The quantitative estimate of drug-likeness (QED) is 0.285. The lowest BCUT2D eigenvalue weighted by Gasteiger charge is -2.16. The van der Waals surface area contributed by atoms with Crippen molar-refractivity contribution in [2.45, 2.75) is 0 Å². The molecule has 0 aromatic carbocycles. The minimum absolute atomic E-state index is 1.96. The van der Waals surface area contributed by atoms with Crippen LogP contribution in [0.2, 0.25) is 0 Å². The number of hydrogen-bond acceptors (Lipinski definition) is 5. The van der Waals surface area contributed by atoms with Gasteiger partial charge in [-0.25, -0.2) is 14.4 Å². The molecule has 0 aliphatic heterocycles. The van der Waals surface area contributed by atoms with Gasteiger partial charge in [-0.3, -0.25) is 9.59 Å². The van der Waals surface area contributed by atoms with Crippen molar-refractivity contribution in [3.8, 4) is 0 Å². The summed E-state index contributed by atoms with van der Waals surface area (Å²) in [5, 5.41) is 25.2. The average Bonchev–Trinajstić information content (AvgIpc) is 2.02. The van der Waals surface area contributed by atoms with Crippen molar-refractivity contribution >= 4 is 29.6 Å². The van der Waals surface area contributed by atoms with Crippen LogP contribution in [0, 0.1) is 5.41 Å². The van der Waals surface area contributed by atoms with E-state index < -0.39 is 35.0 Å². The third-order valence-corrected chi connectivity index (χ3v) is 1.53. The molecular formula is C6H5NO8. The van der Waals surface area contributed by atoms with Crippen LogP contribution in [0.25, 0.3) is 0 Å². The van der Waals surface area contributed by atoms with Crippen LogP contribution in [0.15, 0.2) is 0 Å². The van der Waals surface area contributed by atoms with Gasteiger partial charge in [0.1, 0.15) is 0 Å². The van der Waals surface area contributed by atoms with Crippen LogP contribution in [-0.2, 0) is 24.0 Å². The van der Waals surface area contributed by atoms with E-state index in [2.05, 4.69) is 5.73 Å². The van der Waals surface area contributed by atoms with Crippen molar-refractivity contribution in [3.05, 3.63) is 0 Å². The second-order valence-corrected chi connectivity index (χ2v) is 2.36. The van der Waals surface area contributed by atoms with Crippen LogP contribution in [0.3, 0.4) is 0 Å². The Labute approximate surface area is 81.1 Å². The minimum atomic E-state index is -3.88. The van der Waals surface area contributed by atoms with Gasteiger partial charge < -0.3 is 21.1 Å². The molecule has 82 valence electrons. The highest BCUT2D eigenvalue weighted by molar-refractivity contribution is 6.52. The van der Waals surface area contributed by atoms with E-state index in [1.165, 1.54) is 0 Å². The van der Waals surface area contributed by atoms with Gasteiger partial charge in [-0.2, -0.15) is 0 Å². The lowest BCUT2D eigenvalue weighted by Crippen LogP contribution is -2.56. The van der Waals surface area contributed by atoms with Crippen molar-refractivity contribution in [1.82, 2.24) is 0 Å². The van der Waals surface area contributed by atoms with Crippen molar-refractivity contribution in [2.24, 2.45) is 11.1 Å². The zero-order valence-corrected chi connectivity index (χ0v) is 6.96. The number of Topliss-reactive ketones (excluding diaryl/α,β-unsaturated/α-hetero) is 1. The Morgan fingerprint density at radius 3 is 1.13 bits per heavy atom. The third-order valence-electron chi connectivity index (χ3n) is 1.53. The Hall–Kier alpha value is -2.45. The summed E-state index contributed by atoms with van der Waals surface area (Å²) < 4.78 is 0. The first-order chi connectivity index (χ1) is 6.68. The van der Waals surface area contributed by atoms with Gasteiger partial charge in [-0.05, 0) is 0 Å². The van der Waals surface area contributed by atoms with Crippen LogP contribution >= 0.6 is 0 Å². The first-order valence-electron chi connectivity index (χ1n) is 3.23. The molecule has 0 heterocycles. The van der Waals surface area contributed by atoms with E-state index in [1.54, 1.807) is 0 Å². The number of rotatable bonds is 5. The van der Waals surface area contributed by atoms with Gasteiger partial charge in [-0.1, -0.05) is 0 Å². The van der Waals surface area contributed by atoms with Gasteiger partial charge in [0, 0.05) is 0 Å². The van der Waals surface area contributed by atoms with Gasteiger partial charge in [0.05, 0.1) is 0 Å². The summed E-state index contributed by atoms with van der Waals surface area (Å²) in [4.78, 5) is 52.6. The molecule has 0 atom stereocenters. The molecule has 15 heavy (non-hydrogen) atoms. The Morgan fingerprint density at radius 1 is 0.800 bits per heavy atom. The second-order valence-electron chi connectivity index (χ2n) is 2.36. The molecule has 9 nitrogen and oxygen atoms in total. The van der Waals surface area contributed by atoms with Crippen molar-refractivity contribution < 1.29 is 39.3 Å². The number of carbonyl (C=O) groups is 5. The van der Waals surface area contributed by atoms with Gasteiger partial charge in [0.2, 0.25) is 0 Å². The number of primary amides is 1. The van der Waals surface area contributed by atoms with Gasteiger partial charge in [-0.15, -0.1) is 0 Å². The molecule has 0 spiro atoms. The summed E-state index contributed by atoms with van der Waals surface area (Å²) in [6.07, 6.45) is 0. The average molecular weight is 219 g/mol. The lowest BCUT2D eigenvalue weighted by atomic mass is 9.83. The highest BCUT2D eigenvalue weighted by Crippen LogP contribution is 2.20. The maximum absolute atomic E-state index is 10.9.